The number of hydrogen-bond donors (Lipinski definition) is 1. The lowest BCUT2D eigenvalue weighted by Gasteiger charge is -2.06. The van der Waals surface area contributed by atoms with Crippen molar-refractivity contribution in [1.29, 1.82) is 0 Å². The van der Waals surface area contributed by atoms with Crippen LogP contribution in [0.5, 0.6) is 0 Å². The first-order valence-corrected chi connectivity index (χ1v) is 5.76. The molecule has 0 aromatic heterocycles. The number of nitrogens with one attached hydrogen (secondary N) is 1. The summed E-state index contributed by atoms with van der Waals surface area (Å²) in [6.45, 7) is 2.93. The Morgan fingerprint density at radius 1 is 1.50 bits per heavy atom. The second-order valence-electron chi connectivity index (χ2n) is 3.82. The van der Waals surface area contributed by atoms with Crippen LogP contribution < -0.4 is 5.32 Å². The molecule has 0 bridgehead atoms. The minimum Gasteiger partial charge on any atom is -0.319 e. The Kier molecular flexibility index (Phi) is 5.50. The van der Waals surface area contributed by atoms with E-state index in [2.05, 4.69) is 11.4 Å². The molecule has 1 N–H and O–H groups in total. The van der Waals surface area contributed by atoms with Crippen LogP contribution in [0.15, 0.2) is 29.8 Å². The molecule has 0 unspecified atom stereocenters. The molecule has 0 saturated carbocycles. The van der Waals surface area contributed by atoms with Crippen molar-refractivity contribution in [2.45, 2.75) is 19.8 Å². The average Bonchev–Trinajstić information content (AvgIpc) is 2.24. The van der Waals surface area contributed by atoms with E-state index in [0.29, 0.717) is 17.0 Å². The molecular weight excluding hydrogens is 225 g/mol. The van der Waals surface area contributed by atoms with Crippen LogP contribution in [0.25, 0.3) is 0 Å². The van der Waals surface area contributed by atoms with Crippen LogP contribution in [-0.2, 0) is 6.42 Å². The molecule has 1 aromatic carbocycles. The molecular formula is C13H17ClFN. The summed E-state index contributed by atoms with van der Waals surface area (Å²) in [6.07, 6.45) is 3.64. The van der Waals surface area contributed by atoms with Crippen molar-refractivity contribution in [2.75, 3.05) is 13.6 Å². The Balaban J connectivity index is 2.69. The Labute approximate surface area is 101 Å². The summed E-state index contributed by atoms with van der Waals surface area (Å²) < 4.78 is 13.5. The molecule has 1 rings (SSSR count). The van der Waals surface area contributed by atoms with Gasteiger partial charge in [-0.2, -0.15) is 0 Å². The summed E-state index contributed by atoms with van der Waals surface area (Å²) in [5.74, 6) is -0.228. The molecule has 1 aromatic rings. The minimum absolute atomic E-state index is 0.228. The third-order valence-electron chi connectivity index (χ3n) is 2.40. The Hall–Kier alpha value is -0.860. The number of hydrogen-bond acceptors (Lipinski definition) is 1. The van der Waals surface area contributed by atoms with Crippen LogP contribution in [0.3, 0.4) is 0 Å². The lowest BCUT2D eigenvalue weighted by molar-refractivity contribution is 0.613. The molecule has 0 fully saturated rings. The second kappa shape index (κ2) is 6.66. The molecule has 0 aliphatic carbocycles. The van der Waals surface area contributed by atoms with Crippen molar-refractivity contribution in [3.8, 4) is 0 Å². The highest BCUT2D eigenvalue weighted by Crippen LogP contribution is 2.21. The molecule has 0 amide bonds. The first-order valence-electron chi connectivity index (χ1n) is 5.38. The van der Waals surface area contributed by atoms with Crippen molar-refractivity contribution in [1.82, 2.24) is 5.32 Å². The summed E-state index contributed by atoms with van der Waals surface area (Å²) in [4.78, 5) is 0. The highest BCUT2D eigenvalue weighted by Gasteiger charge is 2.06. The van der Waals surface area contributed by atoms with Crippen molar-refractivity contribution < 1.29 is 4.39 Å². The van der Waals surface area contributed by atoms with E-state index in [4.69, 9.17) is 11.6 Å². The van der Waals surface area contributed by atoms with Crippen LogP contribution in [0, 0.1) is 5.82 Å². The third kappa shape index (κ3) is 3.95. The maximum Gasteiger partial charge on any atom is 0.128 e. The molecule has 0 heterocycles. The monoisotopic (exact) mass is 241 g/mol. The second-order valence-corrected chi connectivity index (χ2v) is 4.23. The van der Waals surface area contributed by atoms with Crippen LogP contribution in [0.1, 0.15) is 18.9 Å². The number of benzene rings is 1. The van der Waals surface area contributed by atoms with Gasteiger partial charge in [0.2, 0.25) is 0 Å². The first-order chi connectivity index (χ1) is 7.65. The minimum atomic E-state index is -0.228. The molecule has 0 spiro atoms. The molecule has 3 heteroatoms. The van der Waals surface area contributed by atoms with Crippen LogP contribution in [0.2, 0.25) is 5.02 Å². The van der Waals surface area contributed by atoms with E-state index in [-0.39, 0.29) is 5.82 Å². The standard InChI is InChI=1S/C13H17ClFN/c1-10(5-4-8-16-2)9-11-12(14)6-3-7-13(11)15/h3,5-7,16H,4,8-9H2,1-2H3. The van der Waals surface area contributed by atoms with E-state index in [0.717, 1.165) is 18.5 Å². The quantitative estimate of drug-likeness (QED) is 0.614. The van der Waals surface area contributed by atoms with Crippen molar-refractivity contribution >= 4 is 11.6 Å². The zero-order chi connectivity index (χ0) is 12.0. The van der Waals surface area contributed by atoms with E-state index in [1.807, 2.05) is 14.0 Å². The lowest BCUT2D eigenvalue weighted by atomic mass is 10.0. The zero-order valence-corrected chi connectivity index (χ0v) is 10.4. The first kappa shape index (κ1) is 13.2. The molecule has 0 atom stereocenters. The van der Waals surface area contributed by atoms with Crippen LogP contribution in [0.4, 0.5) is 4.39 Å². The predicted molar refractivity (Wildman–Crippen MR) is 67.4 cm³/mol. The summed E-state index contributed by atoms with van der Waals surface area (Å²) in [7, 11) is 1.91. The van der Waals surface area contributed by atoms with Gasteiger partial charge in [-0.15, -0.1) is 0 Å². The molecule has 0 saturated heterocycles. The van der Waals surface area contributed by atoms with Gasteiger partial charge in [-0.05, 0) is 45.5 Å². The van der Waals surface area contributed by atoms with Gasteiger partial charge in [0.15, 0.2) is 0 Å². The highest BCUT2D eigenvalue weighted by molar-refractivity contribution is 6.31. The molecule has 0 aliphatic heterocycles. The van der Waals surface area contributed by atoms with Crippen LogP contribution >= 0.6 is 11.6 Å². The van der Waals surface area contributed by atoms with Gasteiger partial charge in [0.05, 0.1) is 0 Å². The Bertz CT molecular complexity index is 354. The number of rotatable bonds is 5. The molecule has 0 aliphatic rings. The summed E-state index contributed by atoms with van der Waals surface area (Å²) >= 11 is 5.96. The van der Waals surface area contributed by atoms with Gasteiger partial charge < -0.3 is 5.32 Å². The van der Waals surface area contributed by atoms with Crippen LogP contribution in [-0.4, -0.2) is 13.6 Å². The van der Waals surface area contributed by atoms with Gasteiger partial charge in [-0.3, -0.25) is 0 Å². The fourth-order valence-electron chi connectivity index (χ4n) is 1.52. The molecule has 16 heavy (non-hydrogen) atoms. The van der Waals surface area contributed by atoms with Gasteiger partial charge in [-0.1, -0.05) is 29.3 Å². The normalized spacial score (nSPS) is 11.9. The summed E-state index contributed by atoms with van der Waals surface area (Å²) in [5.41, 5.74) is 1.73. The maximum absolute atomic E-state index is 13.5. The molecule has 1 nitrogen and oxygen atoms in total. The van der Waals surface area contributed by atoms with E-state index < -0.39 is 0 Å². The van der Waals surface area contributed by atoms with Gasteiger partial charge in [-0.25, -0.2) is 4.39 Å². The lowest BCUT2D eigenvalue weighted by Crippen LogP contribution is -2.06. The van der Waals surface area contributed by atoms with Gasteiger partial charge in [0, 0.05) is 10.6 Å². The number of allylic oxidation sites excluding steroid dienone is 1. The largest absolute Gasteiger partial charge is 0.319 e. The Morgan fingerprint density at radius 2 is 2.25 bits per heavy atom. The smallest absolute Gasteiger partial charge is 0.128 e. The summed E-state index contributed by atoms with van der Waals surface area (Å²) in [6, 6.07) is 4.80. The van der Waals surface area contributed by atoms with E-state index in [1.54, 1.807) is 12.1 Å². The predicted octanol–water partition coefficient (Wildman–Crippen LogP) is 3.58. The highest BCUT2D eigenvalue weighted by atomic mass is 35.5. The zero-order valence-electron chi connectivity index (χ0n) is 9.69. The van der Waals surface area contributed by atoms with E-state index >= 15 is 0 Å². The Morgan fingerprint density at radius 3 is 2.88 bits per heavy atom. The topological polar surface area (TPSA) is 12.0 Å². The fraction of sp³-hybridized carbons (Fsp3) is 0.385. The van der Waals surface area contributed by atoms with Gasteiger partial charge >= 0.3 is 0 Å². The molecule has 88 valence electrons. The number of halogens is 2. The van der Waals surface area contributed by atoms with Crippen molar-refractivity contribution in [2.24, 2.45) is 0 Å². The van der Waals surface area contributed by atoms with Crippen molar-refractivity contribution in [3.63, 3.8) is 0 Å². The maximum atomic E-state index is 13.5. The van der Waals surface area contributed by atoms with E-state index in [1.165, 1.54) is 6.07 Å². The molecule has 0 radical (unpaired) electrons. The average molecular weight is 242 g/mol. The van der Waals surface area contributed by atoms with Gasteiger partial charge in [0.1, 0.15) is 5.82 Å². The fourth-order valence-corrected chi connectivity index (χ4v) is 1.74. The SMILES string of the molecule is CNCCC=C(C)Cc1c(F)cccc1Cl. The third-order valence-corrected chi connectivity index (χ3v) is 2.76. The van der Waals surface area contributed by atoms with Gasteiger partial charge in [0.25, 0.3) is 0 Å². The van der Waals surface area contributed by atoms with Crippen molar-refractivity contribution in [3.05, 3.63) is 46.3 Å². The van der Waals surface area contributed by atoms with E-state index in [9.17, 15) is 4.39 Å². The summed E-state index contributed by atoms with van der Waals surface area (Å²) in [5, 5.41) is 3.57.